The molecule has 2 aromatic rings. The number of nitrogens with zero attached hydrogens (tertiary/aromatic N) is 1. The Morgan fingerprint density at radius 2 is 1.96 bits per heavy atom. The fourth-order valence-electron chi connectivity index (χ4n) is 2.57. The van der Waals surface area contributed by atoms with E-state index in [1.807, 2.05) is 31.2 Å². The number of ether oxygens (including phenoxy) is 1. The topological polar surface area (TPSA) is 58.6 Å². The number of carbonyl (C=O) groups is 2. The van der Waals surface area contributed by atoms with Crippen LogP contribution in [-0.2, 0) is 9.59 Å². The SMILES string of the molecule is Cc1ccc(NC(=O)C(C)N2C(=O)COc3ccc(Cl)cc32)cc1. The van der Waals surface area contributed by atoms with Crippen LogP contribution in [0.2, 0.25) is 5.02 Å². The van der Waals surface area contributed by atoms with Crippen LogP contribution in [0.3, 0.4) is 0 Å². The van der Waals surface area contributed by atoms with Crippen LogP contribution in [0.4, 0.5) is 11.4 Å². The second kappa shape index (κ2) is 6.53. The summed E-state index contributed by atoms with van der Waals surface area (Å²) in [5.41, 5.74) is 2.29. The normalized spacial score (nSPS) is 14.6. The first-order valence-electron chi connectivity index (χ1n) is 7.57. The number of aryl methyl sites for hydroxylation is 1. The molecule has 6 heteroatoms. The first-order valence-corrected chi connectivity index (χ1v) is 7.95. The van der Waals surface area contributed by atoms with Gasteiger partial charge >= 0.3 is 0 Å². The molecule has 0 saturated heterocycles. The molecule has 0 spiro atoms. The predicted molar refractivity (Wildman–Crippen MR) is 93.7 cm³/mol. The van der Waals surface area contributed by atoms with E-state index in [0.29, 0.717) is 22.1 Å². The third-order valence-corrected chi connectivity index (χ3v) is 4.12. The van der Waals surface area contributed by atoms with Crippen LogP contribution in [0.15, 0.2) is 42.5 Å². The summed E-state index contributed by atoms with van der Waals surface area (Å²) < 4.78 is 5.40. The number of nitrogens with one attached hydrogen (secondary N) is 1. The molecule has 1 unspecified atom stereocenters. The van der Waals surface area contributed by atoms with E-state index >= 15 is 0 Å². The number of halogens is 1. The number of hydrogen-bond donors (Lipinski definition) is 1. The highest BCUT2D eigenvalue weighted by atomic mass is 35.5. The highest BCUT2D eigenvalue weighted by molar-refractivity contribution is 6.31. The Labute approximate surface area is 145 Å². The Balaban J connectivity index is 1.84. The van der Waals surface area contributed by atoms with Crippen molar-refractivity contribution in [1.82, 2.24) is 0 Å². The molecular weight excluding hydrogens is 328 g/mol. The number of anilines is 2. The Hall–Kier alpha value is -2.53. The number of rotatable bonds is 3. The van der Waals surface area contributed by atoms with Crippen molar-refractivity contribution in [3.05, 3.63) is 53.1 Å². The van der Waals surface area contributed by atoms with Gasteiger partial charge in [-0.05, 0) is 44.2 Å². The van der Waals surface area contributed by atoms with Crippen LogP contribution in [0.25, 0.3) is 0 Å². The molecule has 124 valence electrons. The van der Waals surface area contributed by atoms with Crippen molar-refractivity contribution < 1.29 is 14.3 Å². The molecule has 0 fully saturated rings. The van der Waals surface area contributed by atoms with Gasteiger partial charge in [0.25, 0.3) is 5.91 Å². The quantitative estimate of drug-likeness (QED) is 0.928. The minimum atomic E-state index is -0.695. The lowest BCUT2D eigenvalue weighted by Gasteiger charge is -2.33. The van der Waals surface area contributed by atoms with Crippen LogP contribution in [0.5, 0.6) is 5.75 Å². The van der Waals surface area contributed by atoms with Gasteiger partial charge in [0, 0.05) is 10.7 Å². The van der Waals surface area contributed by atoms with Gasteiger partial charge < -0.3 is 10.1 Å². The Morgan fingerprint density at radius 1 is 1.25 bits per heavy atom. The summed E-state index contributed by atoms with van der Waals surface area (Å²) in [7, 11) is 0. The summed E-state index contributed by atoms with van der Waals surface area (Å²) in [6.07, 6.45) is 0. The van der Waals surface area contributed by atoms with E-state index < -0.39 is 6.04 Å². The zero-order chi connectivity index (χ0) is 17.3. The van der Waals surface area contributed by atoms with E-state index in [1.165, 1.54) is 4.90 Å². The van der Waals surface area contributed by atoms with Crippen LogP contribution >= 0.6 is 11.6 Å². The minimum Gasteiger partial charge on any atom is -0.482 e. The van der Waals surface area contributed by atoms with E-state index in [0.717, 1.165) is 5.56 Å². The summed E-state index contributed by atoms with van der Waals surface area (Å²) >= 11 is 6.02. The molecule has 1 atom stereocenters. The van der Waals surface area contributed by atoms with E-state index in [2.05, 4.69) is 5.32 Å². The van der Waals surface area contributed by atoms with Gasteiger partial charge in [-0.25, -0.2) is 0 Å². The molecule has 5 nitrogen and oxygen atoms in total. The molecule has 0 saturated carbocycles. The minimum absolute atomic E-state index is 0.100. The average Bonchev–Trinajstić information content (AvgIpc) is 2.56. The molecule has 2 aromatic carbocycles. The van der Waals surface area contributed by atoms with E-state index in [4.69, 9.17) is 16.3 Å². The number of fused-ring (bicyclic) bond motifs is 1. The molecule has 1 N–H and O–H groups in total. The van der Waals surface area contributed by atoms with E-state index in [9.17, 15) is 9.59 Å². The van der Waals surface area contributed by atoms with Crippen LogP contribution in [-0.4, -0.2) is 24.5 Å². The maximum Gasteiger partial charge on any atom is 0.265 e. The monoisotopic (exact) mass is 344 g/mol. The van der Waals surface area contributed by atoms with Gasteiger partial charge in [-0.3, -0.25) is 14.5 Å². The second-order valence-electron chi connectivity index (χ2n) is 5.70. The summed E-state index contributed by atoms with van der Waals surface area (Å²) in [6, 6.07) is 11.8. The predicted octanol–water partition coefficient (Wildman–Crippen LogP) is 3.40. The largest absolute Gasteiger partial charge is 0.482 e. The van der Waals surface area contributed by atoms with Gasteiger partial charge in [0.15, 0.2) is 6.61 Å². The number of hydrogen-bond acceptors (Lipinski definition) is 3. The Bertz CT molecular complexity index is 789. The molecule has 0 radical (unpaired) electrons. The lowest BCUT2D eigenvalue weighted by Crippen LogP contribution is -2.49. The number of amides is 2. The van der Waals surface area contributed by atoms with Crippen molar-refractivity contribution >= 4 is 34.8 Å². The van der Waals surface area contributed by atoms with E-state index in [1.54, 1.807) is 25.1 Å². The molecule has 1 aliphatic heterocycles. The summed E-state index contributed by atoms with van der Waals surface area (Å²) in [4.78, 5) is 26.3. The standard InChI is InChI=1S/C18H17ClN2O3/c1-11-3-6-14(7-4-11)20-18(23)12(2)21-15-9-13(19)5-8-16(15)24-10-17(21)22/h3-9,12H,10H2,1-2H3,(H,20,23). The zero-order valence-electron chi connectivity index (χ0n) is 13.4. The van der Waals surface area contributed by atoms with Crippen LogP contribution < -0.4 is 15.0 Å². The smallest absolute Gasteiger partial charge is 0.265 e. The molecule has 1 heterocycles. The van der Waals surface area contributed by atoms with Gasteiger partial charge in [0.1, 0.15) is 11.8 Å². The van der Waals surface area contributed by atoms with Crippen molar-refractivity contribution in [2.24, 2.45) is 0 Å². The third-order valence-electron chi connectivity index (χ3n) is 3.89. The highest BCUT2D eigenvalue weighted by Gasteiger charge is 2.33. The first kappa shape index (κ1) is 16.3. The molecule has 2 amide bonds. The molecule has 24 heavy (non-hydrogen) atoms. The fourth-order valence-corrected chi connectivity index (χ4v) is 2.74. The first-order chi connectivity index (χ1) is 11.5. The summed E-state index contributed by atoms with van der Waals surface area (Å²) in [6.45, 7) is 3.55. The van der Waals surface area contributed by atoms with Gasteiger partial charge in [0.2, 0.25) is 5.91 Å². The third kappa shape index (κ3) is 3.21. The van der Waals surface area contributed by atoms with Crippen molar-refractivity contribution in [1.29, 1.82) is 0 Å². The molecule has 0 bridgehead atoms. The Kier molecular flexibility index (Phi) is 4.44. The molecule has 0 aliphatic carbocycles. The molecule has 1 aliphatic rings. The molecule has 0 aromatic heterocycles. The zero-order valence-corrected chi connectivity index (χ0v) is 14.1. The maximum absolute atomic E-state index is 12.6. The van der Waals surface area contributed by atoms with Crippen LogP contribution in [0.1, 0.15) is 12.5 Å². The molecular formula is C18H17ClN2O3. The fraction of sp³-hybridized carbons (Fsp3) is 0.222. The molecule has 3 rings (SSSR count). The highest BCUT2D eigenvalue weighted by Crippen LogP contribution is 2.35. The lowest BCUT2D eigenvalue weighted by atomic mass is 10.1. The number of carbonyl (C=O) groups excluding carboxylic acids is 2. The van der Waals surface area contributed by atoms with Gasteiger partial charge in [-0.15, -0.1) is 0 Å². The van der Waals surface area contributed by atoms with E-state index in [-0.39, 0.29) is 18.4 Å². The van der Waals surface area contributed by atoms with Crippen molar-refractivity contribution in [3.8, 4) is 5.75 Å². The van der Waals surface area contributed by atoms with Crippen molar-refractivity contribution in [3.63, 3.8) is 0 Å². The van der Waals surface area contributed by atoms with Crippen molar-refractivity contribution in [2.45, 2.75) is 19.9 Å². The van der Waals surface area contributed by atoms with Gasteiger partial charge in [-0.1, -0.05) is 29.3 Å². The average molecular weight is 345 g/mol. The summed E-state index contributed by atoms with van der Waals surface area (Å²) in [5, 5.41) is 3.30. The van der Waals surface area contributed by atoms with Crippen molar-refractivity contribution in [2.75, 3.05) is 16.8 Å². The second-order valence-corrected chi connectivity index (χ2v) is 6.13. The summed E-state index contributed by atoms with van der Waals surface area (Å²) in [5.74, 6) is -0.0228. The Morgan fingerprint density at radius 3 is 2.67 bits per heavy atom. The maximum atomic E-state index is 12.6. The lowest BCUT2D eigenvalue weighted by molar-refractivity contribution is -0.125. The number of benzene rings is 2. The van der Waals surface area contributed by atoms with Gasteiger partial charge in [0.05, 0.1) is 5.69 Å². The van der Waals surface area contributed by atoms with Gasteiger partial charge in [-0.2, -0.15) is 0 Å². The van der Waals surface area contributed by atoms with Crippen LogP contribution in [0, 0.1) is 6.92 Å².